The van der Waals surface area contributed by atoms with Crippen LogP contribution in [0.4, 0.5) is 0 Å². The number of nitrogens with one attached hydrogen (secondary N) is 1. The maximum absolute atomic E-state index is 12.6. The smallest absolute Gasteiger partial charge is 0.244 e. The summed E-state index contributed by atoms with van der Waals surface area (Å²) < 4.78 is 39.4. The molecule has 23 heavy (non-hydrogen) atoms. The number of para-hydroxylation sites is 1. The number of hydrogen-bond donors (Lipinski definition) is 1. The number of hydrogen-bond acceptors (Lipinski definition) is 4. The third-order valence-electron chi connectivity index (χ3n) is 4.38. The van der Waals surface area contributed by atoms with E-state index in [0.29, 0.717) is 18.7 Å². The standard InChI is InChI=1S/C17H25NO4S/c1-17(2)12-13-6-5-8-15(16(13)22-17)23(19,20)18-10-9-14-7-3-4-11-21-14/h5-6,8,14,18H,3-4,7,9-12H2,1-2H3/t14-/m1/s1. The average Bonchev–Trinajstić information content (AvgIpc) is 2.81. The van der Waals surface area contributed by atoms with Crippen molar-refractivity contribution in [1.82, 2.24) is 4.72 Å². The van der Waals surface area contributed by atoms with Gasteiger partial charge in [-0.1, -0.05) is 12.1 Å². The summed E-state index contributed by atoms with van der Waals surface area (Å²) in [6.45, 7) is 5.11. The second-order valence-electron chi connectivity index (χ2n) is 6.96. The molecular weight excluding hydrogens is 314 g/mol. The van der Waals surface area contributed by atoms with Crippen molar-refractivity contribution in [3.8, 4) is 5.75 Å². The second kappa shape index (κ2) is 6.42. The van der Waals surface area contributed by atoms with Crippen LogP contribution in [0.5, 0.6) is 5.75 Å². The van der Waals surface area contributed by atoms with E-state index < -0.39 is 10.0 Å². The third kappa shape index (κ3) is 3.87. The lowest BCUT2D eigenvalue weighted by Crippen LogP contribution is -2.30. The number of sulfonamides is 1. The Hall–Kier alpha value is -1.11. The van der Waals surface area contributed by atoms with E-state index in [0.717, 1.165) is 37.9 Å². The fourth-order valence-electron chi connectivity index (χ4n) is 3.27. The molecule has 5 nitrogen and oxygen atoms in total. The zero-order valence-corrected chi connectivity index (χ0v) is 14.6. The molecule has 1 fully saturated rings. The fourth-order valence-corrected chi connectivity index (χ4v) is 4.48. The summed E-state index contributed by atoms with van der Waals surface area (Å²) in [5.74, 6) is 0.499. The molecule has 0 radical (unpaired) electrons. The molecule has 0 saturated carbocycles. The molecular formula is C17H25NO4S. The summed E-state index contributed by atoms with van der Waals surface area (Å²) >= 11 is 0. The van der Waals surface area contributed by atoms with Crippen LogP contribution in [0.2, 0.25) is 0 Å². The minimum atomic E-state index is -3.57. The van der Waals surface area contributed by atoms with E-state index in [1.807, 2.05) is 19.9 Å². The zero-order chi connectivity index (χ0) is 16.5. The van der Waals surface area contributed by atoms with Gasteiger partial charge in [0.2, 0.25) is 10.0 Å². The van der Waals surface area contributed by atoms with E-state index in [1.54, 1.807) is 12.1 Å². The highest BCUT2D eigenvalue weighted by atomic mass is 32.2. The summed E-state index contributed by atoms with van der Waals surface area (Å²) in [7, 11) is -3.57. The van der Waals surface area contributed by atoms with Crippen LogP contribution in [0.25, 0.3) is 0 Å². The Morgan fingerprint density at radius 2 is 2.13 bits per heavy atom. The summed E-state index contributed by atoms with van der Waals surface area (Å²) in [6.07, 6.45) is 4.88. The number of ether oxygens (including phenoxy) is 2. The predicted octanol–water partition coefficient (Wildman–Crippen LogP) is 2.64. The molecule has 1 aromatic rings. The second-order valence-corrected chi connectivity index (χ2v) is 8.69. The topological polar surface area (TPSA) is 64.6 Å². The van der Waals surface area contributed by atoms with E-state index in [9.17, 15) is 8.42 Å². The van der Waals surface area contributed by atoms with Gasteiger partial charge in [0.1, 0.15) is 16.2 Å². The van der Waals surface area contributed by atoms with Crippen LogP contribution in [0, 0.1) is 0 Å². The molecule has 2 heterocycles. The molecule has 3 rings (SSSR count). The highest BCUT2D eigenvalue weighted by molar-refractivity contribution is 7.89. The van der Waals surface area contributed by atoms with Crippen LogP contribution >= 0.6 is 0 Å². The van der Waals surface area contributed by atoms with E-state index in [2.05, 4.69) is 4.72 Å². The lowest BCUT2D eigenvalue weighted by Gasteiger charge is -2.22. The molecule has 0 spiro atoms. The Labute approximate surface area is 138 Å². The van der Waals surface area contributed by atoms with E-state index in [1.165, 1.54) is 0 Å². The monoisotopic (exact) mass is 339 g/mol. The molecule has 6 heteroatoms. The molecule has 1 aromatic carbocycles. The first kappa shape index (κ1) is 16.7. The van der Waals surface area contributed by atoms with Gasteiger partial charge in [0.05, 0.1) is 6.10 Å². The van der Waals surface area contributed by atoms with Crippen molar-refractivity contribution >= 4 is 10.0 Å². The molecule has 0 bridgehead atoms. The van der Waals surface area contributed by atoms with Crippen LogP contribution in [0.3, 0.4) is 0 Å². The van der Waals surface area contributed by atoms with Crippen LogP contribution in [0.15, 0.2) is 23.1 Å². The molecule has 0 aliphatic carbocycles. The van der Waals surface area contributed by atoms with E-state index in [4.69, 9.17) is 9.47 Å². The number of benzene rings is 1. The Morgan fingerprint density at radius 1 is 1.30 bits per heavy atom. The predicted molar refractivity (Wildman–Crippen MR) is 88.2 cm³/mol. The lowest BCUT2D eigenvalue weighted by atomic mass is 10.0. The molecule has 1 N–H and O–H groups in total. The van der Waals surface area contributed by atoms with Gasteiger partial charge in [-0.25, -0.2) is 13.1 Å². The van der Waals surface area contributed by atoms with Crippen molar-refractivity contribution in [2.24, 2.45) is 0 Å². The molecule has 128 valence electrons. The maximum Gasteiger partial charge on any atom is 0.244 e. The van der Waals surface area contributed by atoms with Crippen molar-refractivity contribution in [2.45, 2.75) is 62.6 Å². The summed E-state index contributed by atoms with van der Waals surface area (Å²) in [5, 5.41) is 0. The quantitative estimate of drug-likeness (QED) is 0.896. The molecule has 1 saturated heterocycles. The van der Waals surface area contributed by atoms with Crippen molar-refractivity contribution in [1.29, 1.82) is 0 Å². The van der Waals surface area contributed by atoms with Gasteiger partial charge in [-0.3, -0.25) is 0 Å². The fraction of sp³-hybridized carbons (Fsp3) is 0.647. The third-order valence-corrected chi connectivity index (χ3v) is 5.86. The zero-order valence-electron chi connectivity index (χ0n) is 13.8. The van der Waals surface area contributed by atoms with Gasteiger partial charge in [0.15, 0.2) is 0 Å². The highest BCUT2D eigenvalue weighted by Crippen LogP contribution is 2.39. The van der Waals surface area contributed by atoms with Crippen LogP contribution in [-0.2, 0) is 21.2 Å². The average molecular weight is 339 g/mol. The first-order valence-corrected chi connectivity index (χ1v) is 9.78. The van der Waals surface area contributed by atoms with Crippen LogP contribution in [-0.4, -0.2) is 33.3 Å². The highest BCUT2D eigenvalue weighted by Gasteiger charge is 2.34. The molecule has 0 unspecified atom stereocenters. The van der Waals surface area contributed by atoms with Crippen LogP contribution in [0.1, 0.15) is 45.1 Å². The SMILES string of the molecule is CC1(C)Cc2cccc(S(=O)(=O)NCC[C@H]3CCCCO3)c2O1. The Bertz CT molecular complexity index is 663. The van der Waals surface area contributed by atoms with Gasteiger partial charge in [-0.2, -0.15) is 0 Å². The molecule has 0 amide bonds. The normalized spacial score (nSPS) is 23.3. The van der Waals surface area contributed by atoms with E-state index >= 15 is 0 Å². The summed E-state index contributed by atoms with van der Waals surface area (Å²) in [4.78, 5) is 0.241. The van der Waals surface area contributed by atoms with Crippen molar-refractivity contribution in [2.75, 3.05) is 13.2 Å². The summed E-state index contributed by atoms with van der Waals surface area (Å²) in [6, 6.07) is 5.32. The Morgan fingerprint density at radius 3 is 2.87 bits per heavy atom. The van der Waals surface area contributed by atoms with Crippen molar-refractivity contribution < 1.29 is 17.9 Å². The number of rotatable bonds is 5. The van der Waals surface area contributed by atoms with Gasteiger partial charge in [-0.05, 0) is 51.2 Å². The molecule has 2 aliphatic heterocycles. The Balaban J connectivity index is 1.68. The van der Waals surface area contributed by atoms with Gasteiger partial charge >= 0.3 is 0 Å². The number of fused-ring (bicyclic) bond motifs is 1. The molecule has 1 atom stereocenters. The molecule has 0 aromatic heterocycles. The first-order valence-electron chi connectivity index (χ1n) is 8.30. The Kier molecular flexibility index (Phi) is 4.67. The lowest BCUT2D eigenvalue weighted by molar-refractivity contribution is 0.0123. The summed E-state index contributed by atoms with van der Waals surface area (Å²) in [5.41, 5.74) is 0.595. The minimum absolute atomic E-state index is 0.170. The van der Waals surface area contributed by atoms with Gasteiger partial charge in [0.25, 0.3) is 0 Å². The van der Waals surface area contributed by atoms with E-state index in [-0.39, 0.29) is 16.6 Å². The first-order chi connectivity index (χ1) is 10.9. The van der Waals surface area contributed by atoms with Gasteiger partial charge < -0.3 is 9.47 Å². The largest absolute Gasteiger partial charge is 0.486 e. The minimum Gasteiger partial charge on any atom is -0.486 e. The van der Waals surface area contributed by atoms with Crippen molar-refractivity contribution in [3.05, 3.63) is 23.8 Å². The van der Waals surface area contributed by atoms with Gasteiger partial charge in [0, 0.05) is 19.6 Å². The van der Waals surface area contributed by atoms with Gasteiger partial charge in [-0.15, -0.1) is 0 Å². The maximum atomic E-state index is 12.6. The molecule has 2 aliphatic rings. The van der Waals surface area contributed by atoms with Crippen molar-refractivity contribution in [3.63, 3.8) is 0 Å². The van der Waals surface area contributed by atoms with Crippen LogP contribution < -0.4 is 9.46 Å².